The Bertz CT molecular complexity index is 905. The van der Waals surface area contributed by atoms with Crippen LogP contribution in [0.5, 0.6) is 5.75 Å². The molecule has 1 unspecified atom stereocenters. The quantitative estimate of drug-likeness (QED) is 0.371. The van der Waals surface area contributed by atoms with Crippen molar-refractivity contribution in [3.63, 3.8) is 0 Å². The fourth-order valence-corrected chi connectivity index (χ4v) is 2.87. The van der Waals surface area contributed by atoms with Crippen LogP contribution >= 0.6 is 0 Å². The topological polar surface area (TPSA) is 79.0 Å². The number of benzene rings is 2. The average Bonchev–Trinajstić information content (AvgIpc) is 3.32. The van der Waals surface area contributed by atoms with E-state index in [0.717, 1.165) is 23.4 Å². The third-order valence-corrected chi connectivity index (χ3v) is 4.59. The van der Waals surface area contributed by atoms with E-state index in [4.69, 9.17) is 9.15 Å². The zero-order valence-corrected chi connectivity index (χ0v) is 17.5. The van der Waals surface area contributed by atoms with Crippen molar-refractivity contribution < 1.29 is 14.3 Å². The van der Waals surface area contributed by atoms with Gasteiger partial charge in [-0.1, -0.05) is 42.5 Å². The van der Waals surface area contributed by atoms with E-state index >= 15 is 0 Å². The normalized spacial score (nSPS) is 13.5. The molecule has 0 spiro atoms. The van der Waals surface area contributed by atoms with Crippen molar-refractivity contribution in [3.8, 4) is 5.75 Å². The van der Waals surface area contributed by atoms with Crippen LogP contribution in [0.25, 0.3) is 0 Å². The number of furan rings is 1. The molecule has 0 saturated heterocycles. The van der Waals surface area contributed by atoms with Gasteiger partial charge in [-0.2, -0.15) is 0 Å². The zero-order chi connectivity index (χ0) is 21.2. The summed E-state index contributed by atoms with van der Waals surface area (Å²) >= 11 is 0. The van der Waals surface area contributed by atoms with Gasteiger partial charge in [-0.3, -0.25) is 0 Å². The van der Waals surface area contributed by atoms with Gasteiger partial charge in [0.2, 0.25) is 0 Å². The van der Waals surface area contributed by atoms with Crippen molar-refractivity contribution in [1.29, 1.82) is 0 Å². The molecule has 0 aliphatic carbocycles. The van der Waals surface area contributed by atoms with E-state index in [1.165, 1.54) is 0 Å². The molecule has 30 heavy (non-hydrogen) atoms. The maximum absolute atomic E-state index is 10.6. The first-order valence-electron chi connectivity index (χ1n) is 10.1. The lowest BCUT2D eigenvalue weighted by molar-refractivity contribution is 0.0386. The molecule has 0 fully saturated rings. The second-order valence-corrected chi connectivity index (χ2v) is 7.22. The Morgan fingerprint density at radius 3 is 2.43 bits per heavy atom. The molecule has 3 aromatic rings. The van der Waals surface area contributed by atoms with Crippen molar-refractivity contribution in [1.82, 2.24) is 10.6 Å². The standard InChI is InChI=1S/C24H29N3O3/c1-3-25-23(27-18-24(2,28)22-10-7-15-29-22)26-16-19-11-13-21(14-12-19)30-17-20-8-5-4-6-9-20/h4-15,28H,3,16-18H2,1-2H3,(H2,25,26,27). The van der Waals surface area contributed by atoms with Crippen molar-refractivity contribution in [2.45, 2.75) is 32.6 Å². The van der Waals surface area contributed by atoms with E-state index in [2.05, 4.69) is 15.6 Å². The summed E-state index contributed by atoms with van der Waals surface area (Å²) in [6.07, 6.45) is 1.55. The fourth-order valence-electron chi connectivity index (χ4n) is 2.87. The molecule has 1 aromatic heterocycles. The van der Waals surface area contributed by atoms with E-state index in [1.54, 1.807) is 25.3 Å². The van der Waals surface area contributed by atoms with Gasteiger partial charge in [0, 0.05) is 6.54 Å². The number of nitrogens with one attached hydrogen (secondary N) is 2. The highest BCUT2D eigenvalue weighted by Crippen LogP contribution is 2.19. The molecule has 1 atom stereocenters. The highest BCUT2D eigenvalue weighted by atomic mass is 16.5. The first kappa shape index (κ1) is 21.5. The number of hydrogen-bond donors (Lipinski definition) is 3. The SMILES string of the molecule is CCNC(=NCc1ccc(OCc2ccccc2)cc1)NCC(C)(O)c1ccco1. The number of aliphatic hydroxyl groups is 1. The molecule has 0 radical (unpaired) electrons. The Kier molecular flexibility index (Phi) is 7.51. The molecule has 3 N–H and O–H groups in total. The molecule has 0 bridgehead atoms. The van der Waals surface area contributed by atoms with E-state index < -0.39 is 5.60 Å². The second kappa shape index (κ2) is 10.5. The Morgan fingerprint density at radius 1 is 1.00 bits per heavy atom. The maximum atomic E-state index is 10.6. The van der Waals surface area contributed by atoms with Crippen LogP contribution in [0.3, 0.4) is 0 Å². The number of hydrogen-bond acceptors (Lipinski definition) is 4. The summed E-state index contributed by atoms with van der Waals surface area (Å²) in [6, 6.07) is 21.5. The summed E-state index contributed by atoms with van der Waals surface area (Å²) in [4.78, 5) is 4.60. The van der Waals surface area contributed by atoms with Crippen LogP contribution in [0.4, 0.5) is 0 Å². The van der Waals surface area contributed by atoms with Gasteiger partial charge >= 0.3 is 0 Å². The molecule has 6 heteroatoms. The summed E-state index contributed by atoms with van der Waals surface area (Å²) in [7, 11) is 0. The molecule has 3 rings (SSSR count). The minimum Gasteiger partial charge on any atom is -0.489 e. The van der Waals surface area contributed by atoms with Crippen molar-refractivity contribution in [2.75, 3.05) is 13.1 Å². The first-order chi connectivity index (χ1) is 14.6. The van der Waals surface area contributed by atoms with E-state index in [0.29, 0.717) is 24.9 Å². The van der Waals surface area contributed by atoms with Crippen LogP contribution in [0.2, 0.25) is 0 Å². The van der Waals surface area contributed by atoms with Gasteiger partial charge in [0.25, 0.3) is 0 Å². The minimum atomic E-state index is -1.13. The number of nitrogens with zero attached hydrogens (tertiary/aromatic N) is 1. The lowest BCUT2D eigenvalue weighted by Crippen LogP contribution is -2.44. The molecule has 1 heterocycles. The summed E-state index contributed by atoms with van der Waals surface area (Å²) in [5.41, 5.74) is 1.08. The molecule has 0 saturated carbocycles. The molecule has 158 valence electrons. The summed E-state index contributed by atoms with van der Waals surface area (Å²) in [5, 5.41) is 17.0. The van der Waals surface area contributed by atoms with E-state index in [9.17, 15) is 5.11 Å². The Morgan fingerprint density at radius 2 is 1.77 bits per heavy atom. The molecular formula is C24H29N3O3. The molecule has 0 aliphatic rings. The summed E-state index contributed by atoms with van der Waals surface area (Å²) < 4.78 is 11.1. The van der Waals surface area contributed by atoms with Crippen LogP contribution in [0.1, 0.15) is 30.7 Å². The van der Waals surface area contributed by atoms with Crippen LogP contribution in [0, 0.1) is 0 Å². The van der Waals surface area contributed by atoms with Gasteiger partial charge in [-0.05, 0) is 49.2 Å². The predicted molar refractivity (Wildman–Crippen MR) is 118 cm³/mol. The van der Waals surface area contributed by atoms with Crippen molar-refractivity contribution >= 4 is 5.96 Å². The molecule has 6 nitrogen and oxygen atoms in total. The predicted octanol–water partition coefficient (Wildman–Crippen LogP) is 3.82. The van der Waals surface area contributed by atoms with Crippen LogP contribution < -0.4 is 15.4 Å². The van der Waals surface area contributed by atoms with Gasteiger partial charge in [0.05, 0.1) is 19.4 Å². The second-order valence-electron chi connectivity index (χ2n) is 7.22. The average molecular weight is 408 g/mol. The van der Waals surface area contributed by atoms with Gasteiger partial charge in [-0.15, -0.1) is 0 Å². The molecule has 2 aromatic carbocycles. The summed E-state index contributed by atoms with van der Waals surface area (Å²) in [5.74, 6) is 1.97. The van der Waals surface area contributed by atoms with Gasteiger partial charge in [0.15, 0.2) is 5.96 Å². The Balaban J connectivity index is 1.53. The lowest BCUT2D eigenvalue weighted by Gasteiger charge is -2.22. The van der Waals surface area contributed by atoms with Crippen molar-refractivity contribution in [2.24, 2.45) is 4.99 Å². The highest BCUT2D eigenvalue weighted by Gasteiger charge is 2.26. The number of guanidine groups is 1. The summed E-state index contributed by atoms with van der Waals surface area (Å²) in [6.45, 7) is 5.76. The smallest absolute Gasteiger partial charge is 0.191 e. The lowest BCUT2D eigenvalue weighted by atomic mass is 10.0. The molecule has 0 amide bonds. The van der Waals surface area contributed by atoms with Crippen LogP contribution in [-0.2, 0) is 18.8 Å². The van der Waals surface area contributed by atoms with Crippen molar-refractivity contribution in [3.05, 3.63) is 89.9 Å². The zero-order valence-electron chi connectivity index (χ0n) is 17.5. The highest BCUT2D eigenvalue weighted by molar-refractivity contribution is 5.79. The van der Waals surface area contributed by atoms with Gasteiger partial charge in [-0.25, -0.2) is 4.99 Å². The monoisotopic (exact) mass is 407 g/mol. The largest absolute Gasteiger partial charge is 0.489 e. The van der Waals surface area contributed by atoms with Crippen LogP contribution in [0.15, 0.2) is 82.4 Å². The first-order valence-corrected chi connectivity index (χ1v) is 10.1. The number of aliphatic imine (C=N–C) groups is 1. The Hall–Kier alpha value is -3.25. The van der Waals surface area contributed by atoms with Gasteiger partial charge < -0.3 is 24.9 Å². The third-order valence-electron chi connectivity index (χ3n) is 4.59. The molecule has 0 aliphatic heterocycles. The van der Waals surface area contributed by atoms with Crippen LogP contribution in [-0.4, -0.2) is 24.2 Å². The number of ether oxygens (including phenoxy) is 1. The molecular weight excluding hydrogens is 378 g/mol. The number of rotatable bonds is 9. The van der Waals surface area contributed by atoms with E-state index in [1.807, 2.05) is 61.5 Å². The van der Waals surface area contributed by atoms with E-state index in [-0.39, 0.29) is 6.54 Å². The third kappa shape index (κ3) is 6.39. The fraction of sp³-hybridized carbons (Fsp3) is 0.292. The van der Waals surface area contributed by atoms with Gasteiger partial charge in [0.1, 0.15) is 23.7 Å². The minimum absolute atomic E-state index is 0.276. The Labute approximate surface area is 177 Å². The maximum Gasteiger partial charge on any atom is 0.191 e.